The smallest absolute Gasteiger partial charge is 0.385 e. The fourth-order valence-electron chi connectivity index (χ4n) is 2.44. The van der Waals surface area contributed by atoms with Crippen LogP contribution in [-0.4, -0.2) is 51.4 Å². The third-order valence-corrected chi connectivity index (χ3v) is 6.59. The van der Waals surface area contributed by atoms with Gasteiger partial charge in [-0.15, -0.1) is 0 Å². The van der Waals surface area contributed by atoms with Gasteiger partial charge in [0.15, 0.2) is 5.78 Å². The van der Waals surface area contributed by atoms with E-state index in [1.807, 2.05) is 32.5 Å². The van der Waals surface area contributed by atoms with Crippen molar-refractivity contribution in [1.29, 1.82) is 0 Å². The van der Waals surface area contributed by atoms with Gasteiger partial charge in [0.25, 0.3) is 0 Å². The first kappa shape index (κ1) is 30.8. The molecule has 0 rings (SSSR count). The average Bonchev–Trinajstić information content (AvgIpc) is 2.60. The zero-order valence-electron chi connectivity index (χ0n) is 20.5. The van der Waals surface area contributed by atoms with Crippen LogP contribution in [0.3, 0.4) is 0 Å². The van der Waals surface area contributed by atoms with E-state index in [2.05, 4.69) is 20.8 Å². The van der Waals surface area contributed by atoms with E-state index >= 15 is 0 Å². The maximum absolute atomic E-state index is 12.3. The van der Waals surface area contributed by atoms with Crippen molar-refractivity contribution in [3.05, 3.63) is 0 Å². The quantitative estimate of drug-likeness (QED) is 0.243. The number of phosphoric ester groups is 1. The molecule has 2 unspecified atom stereocenters. The normalized spacial score (nSPS) is 16.1. The third-order valence-electron chi connectivity index (χ3n) is 4.32. The second-order valence-electron chi connectivity index (χ2n) is 10.9. The summed E-state index contributed by atoms with van der Waals surface area (Å²) in [6.45, 7) is 14.9. The maximum Gasteiger partial charge on any atom is 0.472 e. The molecule has 2 N–H and O–H groups in total. The molecule has 0 aliphatic heterocycles. The van der Waals surface area contributed by atoms with Crippen molar-refractivity contribution in [2.45, 2.75) is 98.3 Å². The number of carbonyl (C=O) groups excluding carboxylic acids is 2. The summed E-state index contributed by atoms with van der Waals surface area (Å²) in [6.07, 6.45) is 0.714. The highest BCUT2D eigenvalue weighted by molar-refractivity contribution is 8.00. The molecule has 0 aromatic heterocycles. The van der Waals surface area contributed by atoms with Crippen LogP contribution in [-0.2, 0) is 23.2 Å². The molecule has 7 nitrogen and oxygen atoms in total. The van der Waals surface area contributed by atoms with Gasteiger partial charge in [-0.1, -0.05) is 55.4 Å². The van der Waals surface area contributed by atoms with Crippen LogP contribution in [0.4, 0.5) is 0 Å². The largest absolute Gasteiger partial charge is 0.472 e. The molecule has 0 radical (unpaired) electrons. The predicted octanol–water partition coefficient (Wildman–Crippen LogP) is 5.17. The summed E-state index contributed by atoms with van der Waals surface area (Å²) in [6, 6.07) is 0. The summed E-state index contributed by atoms with van der Waals surface area (Å²) in [4.78, 5) is 34.1. The van der Waals surface area contributed by atoms with Gasteiger partial charge in [-0.25, -0.2) is 4.57 Å². The number of ketones is 2. The minimum absolute atomic E-state index is 0.0333. The lowest BCUT2D eigenvalue weighted by molar-refractivity contribution is -0.134. The van der Waals surface area contributed by atoms with Gasteiger partial charge in [0, 0.05) is 29.4 Å². The number of Topliss-reactive ketones (excluding diaryl/α,β-unsaturated/α-hetero) is 2. The van der Waals surface area contributed by atoms with Crippen LogP contribution in [0.5, 0.6) is 0 Å². The Hall–Kier alpha value is -0.240. The maximum atomic E-state index is 12.3. The zero-order valence-corrected chi connectivity index (χ0v) is 22.2. The molecule has 184 valence electrons. The number of carbonyl (C=O) groups is 2. The van der Waals surface area contributed by atoms with Crippen LogP contribution in [0.25, 0.3) is 0 Å². The third kappa shape index (κ3) is 16.1. The number of rotatable bonds is 15. The van der Waals surface area contributed by atoms with Crippen LogP contribution >= 0.6 is 19.6 Å². The van der Waals surface area contributed by atoms with Crippen molar-refractivity contribution in [3.8, 4) is 0 Å². The second-order valence-corrected chi connectivity index (χ2v) is 14.3. The Morgan fingerprint density at radius 1 is 0.903 bits per heavy atom. The SMILES string of the molecule is CC(C)(C)COP(=O)(O)OCC(C)(C)C(O)C(=O)CCCC(=O)CCCSC(C)(C)C. The summed E-state index contributed by atoms with van der Waals surface area (Å²) in [5.74, 6) is 0.639. The van der Waals surface area contributed by atoms with Crippen LogP contribution in [0.15, 0.2) is 0 Å². The van der Waals surface area contributed by atoms with Gasteiger partial charge < -0.3 is 10.00 Å². The van der Waals surface area contributed by atoms with E-state index in [1.54, 1.807) is 13.8 Å². The van der Waals surface area contributed by atoms with Crippen LogP contribution < -0.4 is 0 Å². The Bertz CT molecular complexity index is 620. The van der Waals surface area contributed by atoms with Gasteiger partial charge in [0.2, 0.25) is 0 Å². The molecule has 0 aliphatic carbocycles. The van der Waals surface area contributed by atoms with E-state index in [1.165, 1.54) is 0 Å². The molecular formula is C22H43O7PS. The van der Waals surface area contributed by atoms with Crippen LogP contribution in [0, 0.1) is 10.8 Å². The number of thioether (sulfide) groups is 1. The molecule has 31 heavy (non-hydrogen) atoms. The lowest BCUT2D eigenvalue weighted by Crippen LogP contribution is -2.39. The Kier molecular flexibility index (Phi) is 12.8. The van der Waals surface area contributed by atoms with Gasteiger partial charge in [0.05, 0.1) is 13.2 Å². The molecule has 0 bridgehead atoms. The lowest BCUT2D eigenvalue weighted by atomic mass is 9.84. The fourth-order valence-corrected chi connectivity index (χ4v) is 4.47. The van der Waals surface area contributed by atoms with E-state index in [9.17, 15) is 24.2 Å². The van der Waals surface area contributed by atoms with E-state index < -0.39 is 25.1 Å². The first-order valence-electron chi connectivity index (χ1n) is 10.8. The number of aliphatic hydroxyl groups is 1. The molecule has 0 amide bonds. The Morgan fingerprint density at radius 3 is 1.94 bits per heavy atom. The minimum Gasteiger partial charge on any atom is -0.385 e. The molecule has 0 saturated heterocycles. The molecule has 0 heterocycles. The van der Waals surface area contributed by atoms with Gasteiger partial charge in [-0.05, 0) is 24.0 Å². The molecule has 0 aliphatic rings. The highest BCUT2D eigenvalue weighted by Crippen LogP contribution is 2.46. The van der Waals surface area contributed by atoms with Crippen LogP contribution in [0.2, 0.25) is 0 Å². The first-order valence-corrected chi connectivity index (χ1v) is 13.3. The number of phosphoric acid groups is 1. The fraction of sp³-hybridized carbons (Fsp3) is 0.909. The van der Waals surface area contributed by atoms with Crippen molar-refractivity contribution in [3.63, 3.8) is 0 Å². The van der Waals surface area contributed by atoms with Gasteiger partial charge in [0.1, 0.15) is 11.9 Å². The molecule has 0 spiro atoms. The highest BCUT2D eigenvalue weighted by atomic mass is 32.2. The first-order chi connectivity index (χ1) is 13.8. The summed E-state index contributed by atoms with van der Waals surface area (Å²) in [7, 11) is -4.28. The summed E-state index contributed by atoms with van der Waals surface area (Å²) in [5.41, 5.74) is -1.38. The predicted molar refractivity (Wildman–Crippen MR) is 126 cm³/mol. The molecule has 0 saturated carbocycles. The molecule has 2 atom stereocenters. The van der Waals surface area contributed by atoms with E-state index in [0.717, 1.165) is 12.2 Å². The monoisotopic (exact) mass is 482 g/mol. The Morgan fingerprint density at radius 2 is 1.42 bits per heavy atom. The van der Waals surface area contributed by atoms with Gasteiger partial charge in [-0.2, -0.15) is 11.8 Å². The molecule has 0 aromatic rings. The zero-order chi connectivity index (χ0) is 24.5. The molecular weight excluding hydrogens is 439 g/mol. The minimum atomic E-state index is -4.28. The Balaban J connectivity index is 4.34. The van der Waals surface area contributed by atoms with E-state index in [4.69, 9.17) is 9.05 Å². The van der Waals surface area contributed by atoms with Gasteiger partial charge in [-0.3, -0.25) is 18.6 Å². The Labute approximate surface area is 192 Å². The second kappa shape index (κ2) is 12.9. The van der Waals surface area contributed by atoms with Crippen molar-refractivity contribution >= 4 is 31.2 Å². The molecule has 0 fully saturated rings. The van der Waals surface area contributed by atoms with E-state index in [-0.39, 0.29) is 35.6 Å². The standard InChI is InChI=1S/C22H43O7PS/c1-20(2,3)15-28-30(26,27)29-16-22(7,8)19(25)18(24)13-9-11-17(23)12-10-14-31-21(4,5)6/h19,25H,9-16H2,1-8H3,(H,26,27). The number of aliphatic hydroxyl groups excluding tert-OH is 1. The van der Waals surface area contributed by atoms with Crippen molar-refractivity contribution < 1.29 is 33.2 Å². The summed E-state index contributed by atoms with van der Waals surface area (Å²) in [5, 5.41) is 10.4. The number of hydrogen-bond acceptors (Lipinski definition) is 7. The van der Waals surface area contributed by atoms with Crippen molar-refractivity contribution in [1.82, 2.24) is 0 Å². The molecule has 9 heteroatoms. The summed E-state index contributed by atoms with van der Waals surface area (Å²) < 4.78 is 22.2. The summed E-state index contributed by atoms with van der Waals surface area (Å²) >= 11 is 1.82. The average molecular weight is 483 g/mol. The highest BCUT2D eigenvalue weighted by Gasteiger charge is 2.36. The lowest BCUT2D eigenvalue weighted by Gasteiger charge is -2.30. The van der Waals surface area contributed by atoms with Crippen molar-refractivity contribution in [2.24, 2.45) is 10.8 Å². The molecule has 0 aromatic carbocycles. The number of hydrogen-bond donors (Lipinski definition) is 2. The van der Waals surface area contributed by atoms with Crippen molar-refractivity contribution in [2.75, 3.05) is 19.0 Å². The topological polar surface area (TPSA) is 110 Å². The van der Waals surface area contributed by atoms with Gasteiger partial charge >= 0.3 is 7.82 Å². The van der Waals surface area contributed by atoms with Crippen LogP contribution in [0.1, 0.15) is 87.5 Å². The van der Waals surface area contributed by atoms with E-state index in [0.29, 0.717) is 19.3 Å².